The van der Waals surface area contributed by atoms with E-state index < -0.39 is 5.54 Å². The molecule has 0 saturated heterocycles. The van der Waals surface area contributed by atoms with Gasteiger partial charge in [0.05, 0.1) is 24.9 Å². The molecule has 1 aromatic heterocycles. The average molecular weight is 300 g/mol. The first kappa shape index (κ1) is 14.7. The largest absolute Gasteiger partial charge is 0.394 e. The third kappa shape index (κ3) is 3.17. The second-order valence-corrected chi connectivity index (χ2v) is 5.89. The molecule has 1 amide bonds. The number of hydrogen-bond acceptors (Lipinski definition) is 4. The fourth-order valence-corrected chi connectivity index (χ4v) is 2.93. The zero-order chi connectivity index (χ0) is 15.4. The first-order chi connectivity index (χ1) is 10.7. The van der Waals surface area contributed by atoms with Crippen LogP contribution >= 0.6 is 0 Å². The van der Waals surface area contributed by atoms with Crippen molar-refractivity contribution >= 4 is 5.91 Å². The fourth-order valence-electron chi connectivity index (χ4n) is 2.93. The van der Waals surface area contributed by atoms with E-state index in [0.717, 1.165) is 31.2 Å². The maximum Gasteiger partial charge on any atom is 0.273 e. The van der Waals surface area contributed by atoms with Crippen LogP contribution in [0.25, 0.3) is 0 Å². The molecule has 0 spiro atoms. The highest BCUT2D eigenvalue weighted by Crippen LogP contribution is 2.29. The van der Waals surface area contributed by atoms with Gasteiger partial charge >= 0.3 is 0 Å². The van der Waals surface area contributed by atoms with E-state index in [4.69, 9.17) is 0 Å². The van der Waals surface area contributed by atoms with Crippen molar-refractivity contribution in [1.29, 1.82) is 0 Å². The van der Waals surface area contributed by atoms with E-state index in [0.29, 0.717) is 6.54 Å². The molecule has 1 fully saturated rings. The van der Waals surface area contributed by atoms with Crippen LogP contribution in [0.4, 0.5) is 0 Å². The molecule has 0 radical (unpaired) electrons. The van der Waals surface area contributed by atoms with Gasteiger partial charge in [0.2, 0.25) is 0 Å². The SMILES string of the molecule is O=C(NC1(CO)CCCC1)c1cn(Cc2ccccc2)nn1. The Morgan fingerprint density at radius 1 is 1.27 bits per heavy atom. The van der Waals surface area contributed by atoms with Gasteiger partial charge in [-0.2, -0.15) is 0 Å². The van der Waals surface area contributed by atoms with Crippen molar-refractivity contribution in [3.05, 3.63) is 47.8 Å². The summed E-state index contributed by atoms with van der Waals surface area (Å²) in [6.07, 6.45) is 5.33. The third-order valence-corrected chi connectivity index (χ3v) is 4.20. The van der Waals surface area contributed by atoms with E-state index in [-0.39, 0.29) is 18.2 Å². The number of hydrogen-bond donors (Lipinski definition) is 2. The molecule has 0 unspecified atom stereocenters. The minimum Gasteiger partial charge on any atom is -0.394 e. The second-order valence-electron chi connectivity index (χ2n) is 5.89. The highest BCUT2D eigenvalue weighted by atomic mass is 16.3. The minimum atomic E-state index is -0.486. The molecule has 1 aromatic carbocycles. The lowest BCUT2D eigenvalue weighted by Gasteiger charge is -2.27. The third-order valence-electron chi connectivity index (χ3n) is 4.20. The maximum absolute atomic E-state index is 12.3. The second kappa shape index (κ2) is 6.27. The quantitative estimate of drug-likeness (QED) is 0.874. The normalized spacial score (nSPS) is 16.6. The number of aliphatic hydroxyl groups is 1. The van der Waals surface area contributed by atoms with Gasteiger partial charge in [-0.15, -0.1) is 5.10 Å². The van der Waals surface area contributed by atoms with Gasteiger partial charge in [0, 0.05) is 0 Å². The van der Waals surface area contributed by atoms with Crippen molar-refractivity contribution in [2.45, 2.75) is 37.8 Å². The van der Waals surface area contributed by atoms with Crippen molar-refractivity contribution in [3.8, 4) is 0 Å². The Morgan fingerprint density at radius 2 is 2.00 bits per heavy atom. The number of carbonyl (C=O) groups excluding carboxylic acids is 1. The Kier molecular flexibility index (Phi) is 4.20. The number of aliphatic hydroxyl groups excluding tert-OH is 1. The molecular formula is C16H20N4O2. The Hall–Kier alpha value is -2.21. The van der Waals surface area contributed by atoms with Crippen LogP contribution in [0.5, 0.6) is 0 Å². The molecule has 0 bridgehead atoms. The highest BCUT2D eigenvalue weighted by molar-refractivity contribution is 5.92. The number of amides is 1. The van der Waals surface area contributed by atoms with E-state index in [2.05, 4.69) is 15.6 Å². The van der Waals surface area contributed by atoms with Gasteiger partial charge in [0.1, 0.15) is 0 Å². The van der Waals surface area contributed by atoms with Crippen molar-refractivity contribution < 1.29 is 9.90 Å². The number of benzene rings is 1. The number of aromatic nitrogens is 3. The molecular weight excluding hydrogens is 280 g/mol. The summed E-state index contributed by atoms with van der Waals surface area (Å²) >= 11 is 0. The number of nitrogens with one attached hydrogen (secondary N) is 1. The summed E-state index contributed by atoms with van der Waals surface area (Å²) in [5, 5.41) is 20.4. The summed E-state index contributed by atoms with van der Waals surface area (Å²) in [6, 6.07) is 9.89. The van der Waals surface area contributed by atoms with Gasteiger partial charge in [0.25, 0.3) is 5.91 Å². The zero-order valence-corrected chi connectivity index (χ0v) is 12.4. The molecule has 1 heterocycles. The molecule has 3 rings (SSSR count). The predicted molar refractivity (Wildman–Crippen MR) is 81.3 cm³/mol. The number of carbonyl (C=O) groups is 1. The van der Waals surface area contributed by atoms with Crippen LogP contribution in [0, 0.1) is 0 Å². The van der Waals surface area contributed by atoms with Crippen molar-refractivity contribution in [1.82, 2.24) is 20.3 Å². The molecule has 2 aromatic rings. The van der Waals surface area contributed by atoms with Gasteiger partial charge in [-0.3, -0.25) is 4.79 Å². The van der Waals surface area contributed by atoms with Crippen molar-refractivity contribution in [3.63, 3.8) is 0 Å². The van der Waals surface area contributed by atoms with Crippen LogP contribution < -0.4 is 5.32 Å². The summed E-state index contributed by atoms with van der Waals surface area (Å²) < 4.78 is 1.64. The predicted octanol–water partition coefficient (Wildman–Crippen LogP) is 1.36. The van der Waals surface area contributed by atoms with Crippen LogP contribution in [-0.4, -0.2) is 38.2 Å². The van der Waals surface area contributed by atoms with Crippen LogP contribution in [0.15, 0.2) is 36.5 Å². The molecule has 6 heteroatoms. The summed E-state index contributed by atoms with van der Waals surface area (Å²) in [6.45, 7) is 0.545. The van der Waals surface area contributed by atoms with E-state index in [1.165, 1.54) is 0 Å². The van der Waals surface area contributed by atoms with Crippen LogP contribution in [0.3, 0.4) is 0 Å². The lowest BCUT2D eigenvalue weighted by Crippen LogP contribution is -2.49. The lowest BCUT2D eigenvalue weighted by molar-refractivity contribution is 0.0833. The summed E-state index contributed by atoms with van der Waals surface area (Å²) in [5.41, 5.74) is 0.901. The molecule has 1 aliphatic rings. The summed E-state index contributed by atoms with van der Waals surface area (Å²) in [7, 11) is 0. The van der Waals surface area contributed by atoms with Crippen LogP contribution in [0.1, 0.15) is 41.7 Å². The molecule has 0 aliphatic heterocycles. The standard InChI is InChI=1S/C16H20N4O2/c21-12-16(8-4-5-9-16)17-15(22)14-11-20(19-18-14)10-13-6-2-1-3-7-13/h1-3,6-7,11,21H,4-5,8-10,12H2,(H,17,22). The van der Waals surface area contributed by atoms with E-state index in [1.807, 2.05) is 30.3 Å². The summed E-state index contributed by atoms with van der Waals surface area (Å²) in [5.74, 6) is -0.268. The van der Waals surface area contributed by atoms with E-state index in [1.54, 1.807) is 10.9 Å². The van der Waals surface area contributed by atoms with Gasteiger partial charge in [0.15, 0.2) is 5.69 Å². The monoisotopic (exact) mass is 300 g/mol. The van der Waals surface area contributed by atoms with E-state index >= 15 is 0 Å². The van der Waals surface area contributed by atoms with Crippen molar-refractivity contribution in [2.75, 3.05) is 6.61 Å². The molecule has 22 heavy (non-hydrogen) atoms. The van der Waals surface area contributed by atoms with E-state index in [9.17, 15) is 9.90 Å². The average Bonchev–Trinajstić information content (AvgIpc) is 3.18. The van der Waals surface area contributed by atoms with Crippen LogP contribution in [-0.2, 0) is 6.54 Å². The summed E-state index contributed by atoms with van der Waals surface area (Å²) in [4.78, 5) is 12.3. The number of nitrogens with zero attached hydrogens (tertiary/aromatic N) is 3. The van der Waals surface area contributed by atoms with Crippen molar-refractivity contribution in [2.24, 2.45) is 0 Å². The van der Waals surface area contributed by atoms with Gasteiger partial charge in [-0.1, -0.05) is 48.4 Å². The Balaban J connectivity index is 1.66. The van der Waals surface area contributed by atoms with Crippen LogP contribution in [0.2, 0.25) is 0 Å². The number of rotatable bonds is 5. The van der Waals surface area contributed by atoms with Gasteiger partial charge < -0.3 is 10.4 Å². The zero-order valence-electron chi connectivity index (χ0n) is 12.4. The van der Waals surface area contributed by atoms with Gasteiger partial charge in [-0.05, 0) is 18.4 Å². The topological polar surface area (TPSA) is 80.0 Å². The first-order valence-corrected chi connectivity index (χ1v) is 7.58. The van der Waals surface area contributed by atoms with Gasteiger partial charge in [-0.25, -0.2) is 4.68 Å². The Bertz CT molecular complexity index is 633. The lowest BCUT2D eigenvalue weighted by atomic mass is 9.99. The Morgan fingerprint density at radius 3 is 2.68 bits per heavy atom. The minimum absolute atomic E-state index is 0.0309. The molecule has 0 atom stereocenters. The smallest absolute Gasteiger partial charge is 0.273 e. The molecule has 6 nitrogen and oxygen atoms in total. The highest BCUT2D eigenvalue weighted by Gasteiger charge is 2.35. The maximum atomic E-state index is 12.3. The fraction of sp³-hybridized carbons (Fsp3) is 0.438. The molecule has 1 aliphatic carbocycles. The molecule has 2 N–H and O–H groups in total. The first-order valence-electron chi connectivity index (χ1n) is 7.58. The molecule has 1 saturated carbocycles. The Labute approximate surface area is 129 Å². The molecule has 116 valence electrons.